The molecule has 1 saturated heterocycles. The van der Waals surface area contributed by atoms with Crippen molar-refractivity contribution in [1.29, 1.82) is 0 Å². The molecule has 0 spiro atoms. The van der Waals surface area contributed by atoms with Gasteiger partial charge in [0.25, 0.3) is 5.91 Å². The standard InChI is InChI=1S/C9H12N2O2/c10-8-7(3-6-13-8)9(12)11-4-1-2-5-11/h3,6H,1-2,4-5,10H2. The molecule has 0 radical (unpaired) electrons. The number of nitrogens with two attached hydrogens (primary N) is 1. The molecular weight excluding hydrogens is 168 g/mol. The molecule has 0 aromatic carbocycles. The number of likely N-dealkylation sites (tertiary alicyclic amines) is 1. The highest BCUT2D eigenvalue weighted by Gasteiger charge is 2.22. The maximum atomic E-state index is 11.7. The molecule has 4 nitrogen and oxygen atoms in total. The average Bonchev–Trinajstić information content (AvgIpc) is 2.72. The molecule has 13 heavy (non-hydrogen) atoms. The summed E-state index contributed by atoms with van der Waals surface area (Å²) < 4.78 is 4.88. The van der Waals surface area contributed by atoms with E-state index in [1.54, 1.807) is 11.0 Å². The van der Waals surface area contributed by atoms with Crippen LogP contribution in [0.15, 0.2) is 16.7 Å². The van der Waals surface area contributed by atoms with Crippen LogP contribution in [0.3, 0.4) is 0 Å². The van der Waals surface area contributed by atoms with Crippen LogP contribution in [0.25, 0.3) is 0 Å². The molecule has 1 aliphatic rings. The van der Waals surface area contributed by atoms with Crippen molar-refractivity contribution in [3.8, 4) is 0 Å². The van der Waals surface area contributed by atoms with E-state index in [1.807, 2.05) is 0 Å². The Balaban J connectivity index is 2.17. The number of hydrogen-bond acceptors (Lipinski definition) is 3. The smallest absolute Gasteiger partial charge is 0.259 e. The Morgan fingerprint density at radius 3 is 2.69 bits per heavy atom. The van der Waals surface area contributed by atoms with E-state index < -0.39 is 0 Å². The van der Waals surface area contributed by atoms with Crippen LogP contribution < -0.4 is 5.73 Å². The summed E-state index contributed by atoms with van der Waals surface area (Å²) in [5, 5.41) is 0. The molecule has 70 valence electrons. The fourth-order valence-electron chi connectivity index (χ4n) is 1.59. The van der Waals surface area contributed by atoms with Gasteiger partial charge in [0.15, 0.2) is 0 Å². The van der Waals surface area contributed by atoms with Crippen molar-refractivity contribution in [3.05, 3.63) is 17.9 Å². The minimum Gasteiger partial charge on any atom is -0.448 e. The van der Waals surface area contributed by atoms with E-state index in [1.165, 1.54) is 6.26 Å². The summed E-state index contributed by atoms with van der Waals surface area (Å²) in [6.45, 7) is 1.67. The van der Waals surface area contributed by atoms with Crippen molar-refractivity contribution < 1.29 is 9.21 Å². The van der Waals surface area contributed by atoms with Crippen LogP contribution in [0.1, 0.15) is 23.2 Å². The molecule has 4 heteroatoms. The van der Waals surface area contributed by atoms with Crippen LogP contribution in [0.2, 0.25) is 0 Å². The first-order chi connectivity index (χ1) is 6.29. The van der Waals surface area contributed by atoms with E-state index in [2.05, 4.69) is 0 Å². The van der Waals surface area contributed by atoms with E-state index in [0.29, 0.717) is 5.56 Å². The SMILES string of the molecule is Nc1occc1C(=O)N1CCCC1. The molecule has 1 fully saturated rings. The van der Waals surface area contributed by atoms with Crippen molar-refractivity contribution in [3.63, 3.8) is 0 Å². The van der Waals surface area contributed by atoms with Gasteiger partial charge < -0.3 is 15.1 Å². The highest BCUT2D eigenvalue weighted by Crippen LogP contribution is 2.18. The van der Waals surface area contributed by atoms with Crippen LogP contribution >= 0.6 is 0 Å². The molecule has 1 aromatic rings. The number of hydrogen-bond donors (Lipinski definition) is 1. The Morgan fingerprint density at radius 2 is 2.15 bits per heavy atom. The first-order valence-corrected chi connectivity index (χ1v) is 4.41. The van der Waals surface area contributed by atoms with Crippen molar-refractivity contribution in [2.45, 2.75) is 12.8 Å². The van der Waals surface area contributed by atoms with Crippen LogP contribution in [0.4, 0.5) is 5.88 Å². The summed E-state index contributed by atoms with van der Waals surface area (Å²) in [4.78, 5) is 13.5. The largest absolute Gasteiger partial charge is 0.448 e. The number of amides is 1. The van der Waals surface area contributed by atoms with Crippen LogP contribution in [-0.4, -0.2) is 23.9 Å². The third-order valence-corrected chi connectivity index (χ3v) is 2.32. The van der Waals surface area contributed by atoms with Gasteiger partial charge in [0.05, 0.1) is 6.26 Å². The summed E-state index contributed by atoms with van der Waals surface area (Å²) in [7, 11) is 0. The second kappa shape index (κ2) is 3.12. The zero-order valence-electron chi connectivity index (χ0n) is 7.32. The molecule has 0 atom stereocenters. The van der Waals surface area contributed by atoms with Gasteiger partial charge in [-0.25, -0.2) is 0 Å². The first kappa shape index (κ1) is 8.16. The zero-order valence-corrected chi connectivity index (χ0v) is 7.32. The minimum atomic E-state index is -0.0104. The van der Waals surface area contributed by atoms with Gasteiger partial charge in [0.1, 0.15) is 5.56 Å². The molecular formula is C9H12N2O2. The minimum absolute atomic E-state index is 0.0104. The summed E-state index contributed by atoms with van der Waals surface area (Å²) >= 11 is 0. The van der Waals surface area contributed by atoms with Gasteiger partial charge in [0.2, 0.25) is 5.88 Å². The molecule has 1 aromatic heterocycles. The normalized spacial score (nSPS) is 16.5. The van der Waals surface area contributed by atoms with Gasteiger partial charge in [-0.2, -0.15) is 0 Å². The molecule has 2 N–H and O–H groups in total. The summed E-state index contributed by atoms with van der Waals surface area (Å²) in [6, 6.07) is 1.62. The van der Waals surface area contributed by atoms with Gasteiger partial charge >= 0.3 is 0 Å². The number of furan rings is 1. The lowest BCUT2D eigenvalue weighted by Crippen LogP contribution is -2.27. The average molecular weight is 180 g/mol. The summed E-state index contributed by atoms with van der Waals surface area (Å²) in [5.74, 6) is 0.209. The fraction of sp³-hybridized carbons (Fsp3) is 0.444. The van der Waals surface area contributed by atoms with E-state index in [4.69, 9.17) is 10.2 Å². The first-order valence-electron chi connectivity index (χ1n) is 4.41. The van der Waals surface area contributed by atoms with Crippen LogP contribution in [0.5, 0.6) is 0 Å². The van der Waals surface area contributed by atoms with Crippen molar-refractivity contribution in [2.24, 2.45) is 0 Å². The number of carbonyl (C=O) groups is 1. The van der Waals surface area contributed by atoms with Gasteiger partial charge in [-0.05, 0) is 18.9 Å². The van der Waals surface area contributed by atoms with Gasteiger partial charge in [0, 0.05) is 13.1 Å². The number of nitrogens with zero attached hydrogens (tertiary/aromatic N) is 1. The second-order valence-corrected chi connectivity index (χ2v) is 3.20. The maximum Gasteiger partial charge on any atom is 0.259 e. The summed E-state index contributed by atoms with van der Waals surface area (Å²) in [6.07, 6.45) is 3.62. The molecule has 0 saturated carbocycles. The molecule has 2 rings (SSSR count). The quantitative estimate of drug-likeness (QED) is 0.704. The number of anilines is 1. The third-order valence-electron chi connectivity index (χ3n) is 2.32. The Labute approximate surface area is 76.3 Å². The van der Waals surface area contributed by atoms with Gasteiger partial charge in [-0.15, -0.1) is 0 Å². The Hall–Kier alpha value is -1.45. The number of rotatable bonds is 1. The molecule has 1 amide bonds. The molecule has 0 unspecified atom stereocenters. The Kier molecular flexibility index (Phi) is 1.96. The van der Waals surface area contributed by atoms with E-state index >= 15 is 0 Å². The molecule has 1 aliphatic heterocycles. The van der Waals surface area contributed by atoms with E-state index in [9.17, 15) is 4.79 Å². The van der Waals surface area contributed by atoms with Crippen molar-refractivity contribution >= 4 is 11.8 Å². The molecule has 2 heterocycles. The third kappa shape index (κ3) is 1.39. The summed E-state index contributed by atoms with van der Waals surface area (Å²) in [5.41, 5.74) is 5.98. The van der Waals surface area contributed by atoms with Crippen molar-refractivity contribution in [2.75, 3.05) is 18.8 Å². The van der Waals surface area contributed by atoms with Crippen molar-refractivity contribution in [1.82, 2.24) is 4.90 Å². The molecule has 0 bridgehead atoms. The van der Waals surface area contributed by atoms with E-state index in [0.717, 1.165) is 25.9 Å². The van der Waals surface area contributed by atoms with Crippen LogP contribution in [-0.2, 0) is 0 Å². The van der Waals surface area contributed by atoms with Crippen LogP contribution in [0, 0.1) is 0 Å². The topological polar surface area (TPSA) is 59.5 Å². The van der Waals surface area contributed by atoms with E-state index in [-0.39, 0.29) is 11.8 Å². The predicted octanol–water partition coefficient (Wildman–Crippen LogP) is 1.10. The Bertz CT molecular complexity index is 313. The monoisotopic (exact) mass is 180 g/mol. The highest BCUT2D eigenvalue weighted by molar-refractivity contribution is 5.98. The van der Waals surface area contributed by atoms with Gasteiger partial charge in [-0.3, -0.25) is 4.79 Å². The van der Waals surface area contributed by atoms with Gasteiger partial charge in [-0.1, -0.05) is 0 Å². The number of nitrogen functional groups attached to an aromatic ring is 1. The highest BCUT2D eigenvalue weighted by atomic mass is 16.3. The fourth-order valence-corrected chi connectivity index (χ4v) is 1.59. The molecule has 0 aliphatic carbocycles. The lowest BCUT2D eigenvalue weighted by atomic mass is 10.3. The zero-order chi connectivity index (χ0) is 9.26. The Morgan fingerprint density at radius 1 is 1.46 bits per heavy atom. The maximum absolute atomic E-state index is 11.7. The lowest BCUT2D eigenvalue weighted by Gasteiger charge is -2.13. The number of carbonyl (C=O) groups excluding carboxylic acids is 1. The predicted molar refractivity (Wildman–Crippen MR) is 48.3 cm³/mol. The second-order valence-electron chi connectivity index (χ2n) is 3.20. The lowest BCUT2D eigenvalue weighted by molar-refractivity contribution is 0.0793.